The first-order valence-electron chi connectivity index (χ1n) is 12.3. The molecule has 3 aliphatic rings. The highest BCUT2D eigenvalue weighted by atomic mass is 16.5. The van der Waals surface area contributed by atoms with Crippen LogP contribution < -0.4 is 4.90 Å². The summed E-state index contributed by atoms with van der Waals surface area (Å²) in [4.78, 5) is 44.0. The Kier molecular flexibility index (Phi) is 6.34. The van der Waals surface area contributed by atoms with Crippen molar-refractivity contribution >= 4 is 23.5 Å². The SMILES string of the molecule is C=CCN(C(=O)C1N([C@@H](CC)CO)C(=O)[C@@H]2[C@H](C(=O)O)[C@@]3(C)OC12CC3C)c1c(C)cccc1C. The van der Waals surface area contributed by atoms with Gasteiger partial charge in [0.15, 0.2) is 0 Å². The molecule has 3 heterocycles. The van der Waals surface area contributed by atoms with E-state index >= 15 is 0 Å². The Bertz CT molecular complexity index is 1050. The molecule has 2 N–H and O–H groups in total. The number of carboxylic acids is 1. The number of fused-ring (bicyclic) bond motifs is 1. The maximum absolute atomic E-state index is 14.5. The topological polar surface area (TPSA) is 107 Å². The maximum Gasteiger partial charge on any atom is 0.310 e. The molecule has 3 saturated heterocycles. The van der Waals surface area contributed by atoms with Crippen LogP contribution in [0.1, 0.15) is 44.7 Å². The molecule has 1 spiro atoms. The molecule has 35 heavy (non-hydrogen) atoms. The van der Waals surface area contributed by atoms with Gasteiger partial charge in [0.2, 0.25) is 5.91 Å². The second-order valence-corrected chi connectivity index (χ2v) is 10.5. The molecule has 7 atom stereocenters. The van der Waals surface area contributed by atoms with Crippen LogP contribution in [0.2, 0.25) is 0 Å². The fourth-order valence-electron chi connectivity index (χ4n) is 6.94. The minimum absolute atomic E-state index is 0.162. The largest absolute Gasteiger partial charge is 0.481 e. The van der Waals surface area contributed by atoms with E-state index in [4.69, 9.17) is 4.74 Å². The van der Waals surface area contributed by atoms with E-state index < -0.39 is 47.0 Å². The van der Waals surface area contributed by atoms with Gasteiger partial charge in [-0.15, -0.1) is 6.58 Å². The Balaban J connectivity index is 1.92. The molecule has 2 amide bonds. The maximum atomic E-state index is 14.5. The Labute approximate surface area is 206 Å². The number of carbonyl (C=O) groups excluding carboxylic acids is 2. The van der Waals surface area contributed by atoms with E-state index in [9.17, 15) is 24.6 Å². The summed E-state index contributed by atoms with van der Waals surface area (Å²) in [5.74, 6) is -4.07. The smallest absolute Gasteiger partial charge is 0.310 e. The molecule has 8 heteroatoms. The van der Waals surface area contributed by atoms with E-state index in [1.807, 2.05) is 45.9 Å². The molecule has 0 aromatic heterocycles. The molecule has 8 nitrogen and oxygen atoms in total. The van der Waals surface area contributed by atoms with Crippen LogP contribution in [0, 0.1) is 31.6 Å². The molecule has 1 aromatic rings. The molecule has 0 saturated carbocycles. The van der Waals surface area contributed by atoms with Gasteiger partial charge in [-0.05, 0) is 50.7 Å². The predicted molar refractivity (Wildman–Crippen MR) is 131 cm³/mol. The first kappa shape index (κ1) is 25.4. The minimum Gasteiger partial charge on any atom is -0.481 e. The number of aliphatic hydroxyl groups is 1. The van der Waals surface area contributed by atoms with Crippen molar-refractivity contribution < 1.29 is 29.3 Å². The molecule has 190 valence electrons. The molecule has 2 bridgehead atoms. The van der Waals surface area contributed by atoms with Gasteiger partial charge < -0.3 is 24.7 Å². The Hall–Kier alpha value is -2.71. The van der Waals surface area contributed by atoms with Gasteiger partial charge in [0.05, 0.1) is 24.2 Å². The molecule has 0 radical (unpaired) electrons. The zero-order valence-electron chi connectivity index (χ0n) is 21.2. The standard InChI is InChI=1S/C27H36N2O6/c1-7-12-28(21-15(3)10-9-11-16(21)4)24(32)22-27-13-17(5)26(6,35-27)20(25(33)34)19(27)23(31)29(22)18(8-2)14-30/h7,9-11,17-20,22,30H,1,8,12-14H2,2-6H3,(H,33,34)/t17?,18-,19-,20+,22?,26-,27?/m0/s1. The van der Waals surface area contributed by atoms with Crippen molar-refractivity contribution in [3.8, 4) is 0 Å². The number of ether oxygens (including phenoxy) is 1. The number of benzene rings is 1. The number of anilines is 1. The minimum atomic E-state index is -1.27. The summed E-state index contributed by atoms with van der Waals surface area (Å²) in [5.41, 5.74) is 0.214. The average Bonchev–Trinajstić information content (AvgIpc) is 3.31. The normalized spacial score (nSPS) is 34.1. The van der Waals surface area contributed by atoms with Crippen molar-refractivity contribution in [3.63, 3.8) is 0 Å². The van der Waals surface area contributed by atoms with Gasteiger partial charge in [-0.3, -0.25) is 14.4 Å². The second-order valence-electron chi connectivity index (χ2n) is 10.5. The van der Waals surface area contributed by atoms with Gasteiger partial charge in [0.25, 0.3) is 5.91 Å². The van der Waals surface area contributed by atoms with E-state index in [1.165, 1.54) is 4.90 Å². The van der Waals surface area contributed by atoms with Crippen LogP contribution in [0.15, 0.2) is 30.9 Å². The predicted octanol–water partition coefficient (Wildman–Crippen LogP) is 2.69. The number of amides is 2. The third-order valence-electron chi connectivity index (χ3n) is 8.61. The number of aliphatic carboxylic acids is 1. The van der Waals surface area contributed by atoms with E-state index in [2.05, 4.69) is 6.58 Å². The van der Waals surface area contributed by atoms with E-state index in [0.717, 1.165) is 16.8 Å². The van der Waals surface area contributed by atoms with Crippen molar-refractivity contribution in [2.24, 2.45) is 17.8 Å². The number of para-hydroxylation sites is 1. The first-order valence-corrected chi connectivity index (χ1v) is 12.3. The van der Waals surface area contributed by atoms with Crippen LogP contribution in [0.5, 0.6) is 0 Å². The third kappa shape index (κ3) is 3.37. The molecular formula is C27H36N2O6. The van der Waals surface area contributed by atoms with Crippen LogP contribution in [-0.4, -0.2) is 69.3 Å². The number of likely N-dealkylation sites (tertiary alicyclic amines) is 1. The van der Waals surface area contributed by atoms with Crippen LogP contribution in [0.3, 0.4) is 0 Å². The van der Waals surface area contributed by atoms with Crippen LogP contribution >= 0.6 is 0 Å². The number of aryl methyl sites for hydroxylation is 2. The first-order chi connectivity index (χ1) is 16.5. The van der Waals surface area contributed by atoms with Gasteiger partial charge in [-0.25, -0.2) is 0 Å². The van der Waals surface area contributed by atoms with Crippen molar-refractivity contribution in [2.75, 3.05) is 18.1 Å². The van der Waals surface area contributed by atoms with Gasteiger partial charge in [0, 0.05) is 12.2 Å². The Morgan fingerprint density at radius 1 is 1.34 bits per heavy atom. The lowest BCUT2D eigenvalue weighted by Crippen LogP contribution is -2.59. The fourth-order valence-corrected chi connectivity index (χ4v) is 6.94. The number of aliphatic hydroxyl groups excluding tert-OH is 1. The third-order valence-corrected chi connectivity index (χ3v) is 8.61. The lowest BCUT2D eigenvalue weighted by molar-refractivity contribution is -0.157. The Morgan fingerprint density at radius 3 is 2.49 bits per heavy atom. The summed E-state index contributed by atoms with van der Waals surface area (Å²) in [6, 6.07) is 4.10. The highest BCUT2D eigenvalue weighted by molar-refractivity contribution is 6.05. The molecule has 3 aliphatic heterocycles. The summed E-state index contributed by atoms with van der Waals surface area (Å²) in [6.07, 6.45) is 2.46. The van der Waals surface area contributed by atoms with Gasteiger partial charge >= 0.3 is 5.97 Å². The molecule has 3 unspecified atom stereocenters. The highest BCUT2D eigenvalue weighted by Gasteiger charge is 2.80. The van der Waals surface area contributed by atoms with Crippen molar-refractivity contribution in [1.29, 1.82) is 0 Å². The van der Waals surface area contributed by atoms with E-state index in [0.29, 0.717) is 12.8 Å². The summed E-state index contributed by atoms with van der Waals surface area (Å²) in [7, 11) is 0. The number of carboxylic acid groups (broad SMARTS) is 1. The number of hydrogen-bond donors (Lipinski definition) is 2. The van der Waals surface area contributed by atoms with Crippen LogP contribution in [0.4, 0.5) is 5.69 Å². The molecule has 3 fully saturated rings. The summed E-state index contributed by atoms with van der Waals surface area (Å²) in [5, 5.41) is 20.3. The fraction of sp³-hybridized carbons (Fsp3) is 0.593. The van der Waals surface area contributed by atoms with Crippen molar-refractivity contribution in [3.05, 3.63) is 42.0 Å². The number of rotatable bonds is 8. The molecule has 4 rings (SSSR count). The zero-order valence-corrected chi connectivity index (χ0v) is 21.2. The monoisotopic (exact) mass is 484 g/mol. The van der Waals surface area contributed by atoms with Crippen molar-refractivity contribution in [2.45, 2.75) is 70.7 Å². The molecule has 1 aromatic carbocycles. The lowest BCUT2D eigenvalue weighted by Gasteiger charge is -2.40. The van der Waals surface area contributed by atoms with Gasteiger partial charge in [-0.1, -0.05) is 38.1 Å². The van der Waals surface area contributed by atoms with Crippen molar-refractivity contribution in [1.82, 2.24) is 4.90 Å². The number of nitrogens with zero attached hydrogens (tertiary/aromatic N) is 2. The Morgan fingerprint density at radius 2 is 1.97 bits per heavy atom. The van der Waals surface area contributed by atoms with E-state index in [-0.39, 0.29) is 25.0 Å². The quantitative estimate of drug-likeness (QED) is 0.550. The summed E-state index contributed by atoms with van der Waals surface area (Å²) in [6.45, 7) is 13.1. The number of hydrogen-bond acceptors (Lipinski definition) is 5. The number of carbonyl (C=O) groups is 3. The summed E-state index contributed by atoms with van der Waals surface area (Å²) >= 11 is 0. The lowest BCUT2D eigenvalue weighted by atomic mass is 9.62. The molecule has 0 aliphatic carbocycles. The van der Waals surface area contributed by atoms with Gasteiger partial charge in [0.1, 0.15) is 17.6 Å². The van der Waals surface area contributed by atoms with Gasteiger partial charge in [-0.2, -0.15) is 0 Å². The molecular weight excluding hydrogens is 448 g/mol. The second kappa shape index (κ2) is 8.75. The van der Waals surface area contributed by atoms with E-state index in [1.54, 1.807) is 17.9 Å². The highest BCUT2D eigenvalue weighted by Crippen LogP contribution is 2.65. The zero-order chi connectivity index (χ0) is 25.9. The van der Waals surface area contributed by atoms with Crippen LogP contribution in [0.25, 0.3) is 0 Å². The summed E-state index contributed by atoms with van der Waals surface area (Å²) < 4.78 is 6.56. The van der Waals surface area contributed by atoms with Crippen LogP contribution in [-0.2, 0) is 19.1 Å². The average molecular weight is 485 g/mol.